The lowest BCUT2D eigenvalue weighted by Crippen LogP contribution is -2.47. The first-order valence-electron chi connectivity index (χ1n) is 13.0. The van der Waals surface area contributed by atoms with E-state index in [4.69, 9.17) is 0 Å². The number of nitriles is 1. The first-order chi connectivity index (χ1) is 17.7. The molecule has 1 aliphatic heterocycles. The zero-order chi connectivity index (χ0) is 26.2. The van der Waals surface area contributed by atoms with E-state index in [2.05, 4.69) is 32.1 Å². The SMILES string of the molecule is Cc1c(C(=O)Cc2ccc(C3(C#N)CCN(CC(C)(C)O)CC3)nc2)cnn1-c1ccc(C2CC2)cn1. The van der Waals surface area contributed by atoms with Gasteiger partial charge < -0.3 is 10.0 Å². The largest absolute Gasteiger partial charge is 0.389 e. The third-order valence-corrected chi connectivity index (χ3v) is 7.56. The molecular formula is C29H34N6O2. The van der Waals surface area contributed by atoms with E-state index in [0.717, 1.165) is 30.0 Å². The fourth-order valence-corrected chi connectivity index (χ4v) is 5.25. The zero-order valence-corrected chi connectivity index (χ0v) is 21.8. The molecule has 0 bridgehead atoms. The minimum absolute atomic E-state index is 0.0252. The van der Waals surface area contributed by atoms with Crippen molar-refractivity contribution in [3.63, 3.8) is 0 Å². The molecule has 0 atom stereocenters. The van der Waals surface area contributed by atoms with Gasteiger partial charge in [-0.3, -0.25) is 9.78 Å². The summed E-state index contributed by atoms with van der Waals surface area (Å²) in [5.74, 6) is 1.33. The van der Waals surface area contributed by atoms with E-state index in [1.54, 1.807) is 30.9 Å². The Kier molecular flexibility index (Phi) is 6.69. The Labute approximate surface area is 218 Å². The van der Waals surface area contributed by atoms with Gasteiger partial charge in [0.1, 0.15) is 5.41 Å². The van der Waals surface area contributed by atoms with Crippen LogP contribution in [0.25, 0.3) is 5.82 Å². The predicted molar refractivity (Wildman–Crippen MR) is 140 cm³/mol. The molecule has 0 aromatic carbocycles. The minimum Gasteiger partial charge on any atom is -0.389 e. The molecule has 0 spiro atoms. The highest BCUT2D eigenvalue weighted by Gasteiger charge is 2.38. The van der Waals surface area contributed by atoms with E-state index in [9.17, 15) is 15.2 Å². The van der Waals surface area contributed by atoms with Gasteiger partial charge in [-0.05, 0) is 75.6 Å². The summed E-state index contributed by atoms with van der Waals surface area (Å²) in [6, 6.07) is 10.4. The van der Waals surface area contributed by atoms with Gasteiger partial charge in [-0.2, -0.15) is 10.4 Å². The van der Waals surface area contributed by atoms with E-state index >= 15 is 0 Å². The highest BCUT2D eigenvalue weighted by molar-refractivity contribution is 5.98. The summed E-state index contributed by atoms with van der Waals surface area (Å²) < 4.78 is 1.71. The maximum Gasteiger partial charge on any atom is 0.170 e. The number of ketones is 1. The van der Waals surface area contributed by atoms with Crippen LogP contribution in [-0.2, 0) is 11.8 Å². The summed E-state index contributed by atoms with van der Waals surface area (Å²) in [6.07, 6.45) is 9.25. The third-order valence-electron chi connectivity index (χ3n) is 7.56. The third kappa shape index (κ3) is 5.48. The smallest absolute Gasteiger partial charge is 0.170 e. The molecule has 3 aromatic heterocycles. The minimum atomic E-state index is -0.759. The zero-order valence-electron chi connectivity index (χ0n) is 21.8. The lowest BCUT2D eigenvalue weighted by Gasteiger charge is -2.39. The van der Waals surface area contributed by atoms with E-state index in [1.807, 2.05) is 31.3 Å². The molecule has 1 aliphatic carbocycles. The average molecular weight is 499 g/mol. The fraction of sp³-hybridized carbons (Fsp3) is 0.483. The first-order valence-corrected chi connectivity index (χ1v) is 13.0. The molecule has 0 radical (unpaired) electrons. The van der Waals surface area contributed by atoms with Crippen molar-refractivity contribution in [1.29, 1.82) is 5.26 Å². The second kappa shape index (κ2) is 9.81. The Bertz CT molecular complexity index is 1300. The first kappa shape index (κ1) is 25.2. The molecule has 2 aliphatic rings. The lowest BCUT2D eigenvalue weighted by atomic mass is 9.76. The number of nitrogens with zero attached hydrogens (tertiary/aromatic N) is 6. The van der Waals surface area contributed by atoms with Crippen molar-refractivity contribution in [3.05, 3.63) is 70.9 Å². The molecule has 8 nitrogen and oxygen atoms in total. The van der Waals surface area contributed by atoms with Gasteiger partial charge in [-0.15, -0.1) is 0 Å². The predicted octanol–water partition coefficient (Wildman–Crippen LogP) is 3.90. The number of β-amino-alcohol motifs (C(OH)–C–C–N with tert-alkyl or cyclic N) is 1. The van der Waals surface area contributed by atoms with Gasteiger partial charge in [0.05, 0.1) is 34.8 Å². The van der Waals surface area contributed by atoms with Gasteiger partial charge in [0.2, 0.25) is 0 Å². The van der Waals surface area contributed by atoms with Crippen LogP contribution < -0.4 is 0 Å². The number of rotatable bonds is 8. The van der Waals surface area contributed by atoms with Crippen molar-refractivity contribution in [2.24, 2.45) is 0 Å². The summed E-state index contributed by atoms with van der Waals surface area (Å²) in [7, 11) is 0. The molecule has 192 valence electrons. The molecule has 0 unspecified atom stereocenters. The van der Waals surface area contributed by atoms with Crippen LogP contribution in [0.5, 0.6) is 0 Å². The number of hydrogen-bond donors (Lipinski definition) is 1. The highest BCUT2D eigenvalue weighted by atomic mass is 16.3. The number of aromatic nitrogens is 4. The molecule has 5 rings (SSSR count). The molecule has 3 aromatic rings. The summed E-state index contributed by atoms with van der Waals surface area (Å²) in [4.78, 5) is 24.5. The van der Waals surface area contributed by atoms with Crippen LogP contribution >= 0.6 is 0 Å². The number of piperidine rings is 1. The maximum absolute atomic E-state index is 13.1. The topological polar surface area (TPSA) is 108 Å². The van der Waals surface area contributed by atoms with Gasteiger partial charge >= 0.3 is 0 Å². The number of likely N-dealkylation sites (tertiary alicyclic amines) is 1. The molecule has 2 fully saturated rings. The molecular weight excluding hydrogens is 464 g/mol. The standard InChI is InChI=1S/C29H34N6O2/c1-20-24(17-33-35(20)27-9-7-23(16-32-27)22-5-6-22)25(36)14-21-4-8-26(31-15-21)29(18-30)10-12-34(13-11-29)19-28(2,3)37/h4,7-9,15-17,22,37H,5-6,10-14,19H2,1-3H3. The van der Waals surface area contributed by atoms with E-state index in [0.29, 0.717) is 36.7 Å². The number of carbonyl (C=O) groups excluding carboxylic acids is 1. The quantitative estimate of drug-likeness (QED) is 0.469. The van der Waals surface area contributed by atoms with Crippen LogP contribution in [0.1, 0.15) is 78.3 Å². The second-order valence-corrected chi connectivity index (χ2v) is 11.2. The van der Waals surface area contributed by atoms with Crippen molar-refractivity contribution in [2.45, 2.75) is 69.8 Å². The van der Waals surface area contributed by atoms with Crippen molar-refractivity contribution >= 4 is 5.78 Å². The monoisotopic (exact) mass is 498 g/mol. The Morgan fingerprint density at radius 3 is 2.46 bits per heavy atom. The van der Waals surface area contributed by atoms with Crippen LogP contribution in [0.2, 0.25) is 0 Å². The van der Waals surface area contributed by atoms with Gasteiger partial charge in [0.25, 0.3) is 0 Å². The number of Topliss-reactive ketones (excluding diaryl/α,β-unsaturated/α-hetero) is 1. The number of aliphatic hydroxyl groups is 1. The summed E-state index contributed by atoms with van der Waals surface area (Å²) in [5.41, 5.74) is 2.76. The molecule has 1 saturated heterocycles. The van der Waals surface area contributed by atoms with Gasteiger partial charge in [-0.25, -0.2) is 9.67 Å². The Hall–Kier alpha value is -3.41. The van der Waals surface area contributed by atoms with Gasteiger partial charge in [-0.1, -0.05) is 12.1 Å². The van der Waals surface area contributed by atoms with E-state index in [-0.39, 0.29) is 12.2 Å². The number of pyridine rings is 2. The molecule has 4 heterocycles. The molecule has 37 heavy (non-hydrogen) atoms. The molecule has 1 N–H and O–H groups in total. The summed E-state index contributed by atoms with van der Waals surface area (Å²) >= 11 is 0. The highest BCUT2D eigenvalue weighted by Crippen LogP contribution is 2.39. The van der Waals surface area contributed by atoms with Crippen LogP contribution in [0.3, 0.4) is 0 Å². The van der Waals surface area contributed by atoms with Crippen molar-refractivity contribution in [2.75, 3.05) is 19.6 Å². The van der Waals surface area contributed by atoms with Gasteiger partial charge in [0.15, 0.2) is 11.6 Å². The average Bonchev–Trinajstić information content (AvgIpc) is 3.66. The van der Waals surface area contributed by atoms with Crippen LogP contribution in [0, 0.1) is 18.3 Å². The normalized spacial score (nSPS) is 17.9. The van der Waals surface area contributed by atoms with Crippen molar-refractivity contribution in [3.8, 4) is 11.9 Å². The van der Waals surface area contributed by atoms with Crippen LogP contribution in [-0.4, -0.2) is 60.8 Å². The Morgan fingerprint density at radius 2 is 1.89 bits per heavy atom. The van der Waals surface area contributed by atoms with E-state index in [1.165, 1.54) is 18.4 Å². The lowest BCUT2D eigenvalue weighted by molar-refractivity contribution is 0.0244. The van der Waals surface area contributed by atoms with Crippen molar-refractivity contribution in [1.82, 2.24) is 24.6 Å². The van der Waals surface area contributed by atoms with Gasteiger partial charge in [0, 0.05) is 38.4 Å². The molecule has 8 heteroatoms. The Balaban J connectivity index is 1.24. The second-order valence-electron chi connectivity index (χ2n) is 11.2. The molecule has 0 amide bonds. The summed E-state index contributed by atoms with van der Waals surface area (Å²) in [5, 5.41) is 24.6. The Morgan fingerprint density at radius 1 is 1.14 bits per heavy atom. The summed E-state index contributed by atoms with van der Waals surface area (Å²) in [6.45, 7) is 7.55. The van der Waals surface area contributed by atoms with Crippen molar-refractivity contribution < 1.29 is 9.90 Å². The number of hydrogen-bond acceptors (Lipinski definition) is 7. The van der Waals surface area contributed by atoms with Crippen LogP contribution in [0.4, 0.5) is 0 Å². The maximum atomic E-state index is 13.1. The fourth-order valence-electron chi connectivity index (χ4n) is 5.25. The number of carbonyl (C=O) groups is 1. The van der Waals surface area contributed by atoms with Crippen LogP contribution in [0.15, 0.2) is 42.9 Å². The molecule has 1 saturated carbocycles. The van der Waals surface area contributed by atoms with E-state index < -0.39 is 11.0 Å².